The molecule has 1 fully saturated rings. The third kappa shape index (κ3) is 3.19. The van der Waals surface area contributed by atoms with Crippen LogP contribution >= 0.6 is 23.2 Å². The standard InChI is InChI=1S/C18H19Cl2N5O2S/c1-11-14(9-21)17(13-5-4-12(19)8-15(13)20)25-10-16(23-18(25)22-11)28(26,27)24-6-2-3-7-24/h4-5,8,10H,2-3,6-7,9,21H2,1H3. The molecule has 0 unspecified atom stereocenters. The molecule has 0 aliphatic carbocycles. The lowest BCUT2D eigenvalue weighted by Gasteiger charge is -2.14. The highest BCUT2D eigenvalue weighted by Crippen LogP contribution is 2.34. The Labute approximate surface area is 173 Å². The fraction of sp³-hybridized carbons (Fsp3) is 0.333. The highest BCUT2D eigenvalue weighted by molar-refractivity contribution is 7.89. The SMILES string of the molecule is Cc1nc2nc(S(=O)(=O)N3CCCC3)cn2c(-c2ccc(Cl)cc2Cl)c1CN. The van der Waals surface area contributed by atoms with Crippen LogP contribution in [0, 0.1) is 6.92 Å². The molecule has 3 aromatic rings. The minimum Gasteiger partial charge on any atom is -0.326 e. The molecule has 7 nitrogen and oxygen atoms in total. The van der Waals surface area contributed by atoms with E-state index in [2.05, 4.69) is 9.97 Å². The van der Waals surface area contributed by atoms with E-state index in [9.17, 15) is 8.42 Å². The number of nitrogens with zero attached hydrogens (tertiary/aromatic N) is 4. The van der Waals surface area contributed by atoms with Crippen LogP contribution in [0.3, 0.4) is 0 Å². The maximum Gasteiger partial charge on any atom is 0.262 e. The van der Waals surface area contributed by atoms with Crippen LogP contribution in [0.5, 0.6) is 0 Å². The molecule has 3 heterocycles. The molecular weight excluding hydrogens is 421 g/mol. The minimum absolute atomic E-state index is 0.0261. The van der Waals surface area contributed by atoms with Crippen LogP contribution in [0.25, 0.3) is 17.0 Å². The van der Waals surface area contributed by atoms with E-state index in [1.807, 2.05) is 6.92 Å². The number of hydrogen-bond acceptors (Lipinski definition) is 5. The quantitative estimate of drug-likeness (QED) is 0.672. The van der Waals surface area contributed by atoms with E-state index >= 15 is 0 Å². The summed E-state index contributed by atoms with van der Waals surface area (Å²) in [6.45, 7) is 3.05. The van der Waals surface area contributed by atoms with Gasteiger partial charge in [0.05, 0.1) is 16.9 Å². The molecule has 1 saturated heterocycles. The fourth-order valence-corrected chi connectivity index (χ4v) is 5.47. The van der Waals surface area contributed by atoms with Crippen LogP contribution in [0.15, 0.2) is 29.4 Å². The van der Waals surface area contributed by atoms with E-state index < -0.39 is 10.0 Å². The van der Waals surface area contributed by atoms with Crippen molar-refractivity contribution >= 4 is 39.0 Å². The molecule has 0 atom stereocenters. The molecule has 28 heavy (non-hydrogen) atoms. The smallest absolute Gasteiger partial charge is 0.262 e. The van der Waals surface area contributed by atoms with E-state index in [-0.39, 0.29) is 17.3 Å². The van der Waals surface area contributed by atoms with Gasteiger partial charge in [0, 0.05) is 41.5 Å². The van der Waals surface area contributed by atoms with Crippen molar-refractivity contribution < 1.29 is 8.42 Å². The first-order chi connectivity index (χ1) is 13.3. The first-order valence-corrected chi connectivity index (χ1v) is 11.1. The average Bonchev–Trinajstić information content (AvgIpc) is 3.31. The number of fused-ring (bicyclic) bond motifs is 1. The predicted octanol–water partition coefficient (Wildman–Crippen LogP) is 3.25. The third-order valence-electron chi connectivity index (χ3n) is 4.96. The lowest BCUT2D eigenvalue weighted by molar-refractivity contribution is 0.475. The van der Waals surface area contributed by atoms with Gasteiger partial charge in [0.2, 0.25) is 5.78 Å². The Morgan fingerprint density at radius 2 is 1.89 bits per heavy atom. The Hall–Kier alpha value is -1.71. The Balaban J connectivity index is 1.99. The molecule has 2 aromatic heterocycles. The molecule has 0 amide bonds. The summed E-state index contributed by atoms with van der Waals surface area (Å²) in [5, 5.41) is 0.918. The van der Waals surface area contributed by atoms with Crippen molar-refractivity contribution in [3.63, 3.8) is 0 Å². The summed E-state index contributed by atoms with van der Waals surface area (Å²) < 4.78 is 29.0. The molecule has 1 aliphatic heterocycles. The van der Waals surface area contributed by atoms with Gasteiger partial charge in [-0.25, -0.2) is 13.4 Å². The van der Waals surface area contributed by atoms with Gasteiger partial charge in [-0.1, -0.05) is 23.2 Å². The molecule has 0 saturated carbocycles. The Morgan fingerprint density at radius 1 is 1.18 bits per heavy atom. The maximum absolute atomic E-state index is 13.0. The Bertz CT molecular complexity index is 1170. The number of halogens is 2. The largest absolute Gasteiger partial charge is 0.326 e. The van der Waals surface area contributed by atoms with E-state index in [4.69, 9.17) is 28.9 Å². The first kappa shape index (κ1) is 19.6. The van der Waals surface area contributed by atoms with E-state index in [1.54, 1.807) is 22.6 Å². The van der Waals surface area contributed by atoms with Crippen LogP contribution in [0.4, 0.5) is 0 Å². The fourth-order valence-electron chi connectivity index (χ4n) is 3.53. The molecule has 0 spiro atoms. The maximum atomic E-state index is 13.0. The Morgan fingerprint density at radius 3 is 2.54 bits per heavy atom. The zero-order chi connectivity index (χ0) is 20.1. The van der Waals surface area contributed by atoms with E-state index in [1.165, 1.54) is 10.5 Å². The van der Waals surface area contributed by atoms with Crippen LogP contribution < -0.4 is 5.73 Å². The topological polar surface area (TPSA) is 93.6 Å². The molecule has 10 heteroatoms. The van der Waals surface area contributed by atoms with Crippen molar-refractivity contribution in [2.75, 3.05) is 13.1 Å². The summed E-state index contributed by atoms with van der Waals surface area (Å²) in [7, 11) is -3.67. The van der Waals surface area contributed by atoms with Crippen molar-refractivity contribution in [3.05, 3.63) is 45.7 Å². The number of aryl methyl sites for hydroxylation is 1. The van der Waals surface area contributed by atoms with Gasteiger partial charge in [-0.2, -0.15) is 9.29 Å². The van der Waals surface area contributed by atoms with Crippen molar-refractivity contribution in [2.45, 2.75) is 31.3 Å². The molecule has 0 radical (unpaired) electrons. The second-order valence-electron chi connectivity index (χ2n) is 6.71. The van der Waals surface area contributed by atoms with Gasteiger partial charge < -0.3 is 5.73 Å². The van der Waals surface area contributed by atoms with Crippen molar-refractivity contribution in [2.24, 2.45) is 5.73 Å². The monoisotopic (exact) mass is 439 g/mol. The van der Waals surface area contributed by atoms with E-state index in [0.29, 0.717) is 40.1 Å². The van der Waals surface area contributed by atoms with Crippen molar-refractivity contribution in [1.29, 1.82) is 0 Å². The summed E-state index contributed by atoms with van der Waals surface area (Å²) in [6, 6.07) is 5.15. The zero-order valence-corrected chi connectivity index (χ0v) is 17.5. The number of benzene rings is 1. The molecule has 0 bridgehead atoms. The van der Waals surface area contributed by atoms with Crippen LogP contribution in [0.2, 0.25) is 10.0 Å². The second kappa shape index (κ2) is 7.27. The summed E-state index contributed by atoms with van der Waals surface area (Å²) in [5.74, 6) is 0.286. The highest BCUT2D eigenvalue weighted by Gasteiger charge is 2.30. The second-order valence-corrected chi connectivity index (χ2v) is 9.44. The van der Waals surface area contributed by atoms with E-state index in [0.717, 1.165) is 18.4 Å². The predicted molar refractivity (Wildman–Crippen MR) is 109 cm³/mol. The van der Waals surface area contributed by atoms with Gasteiger partial charge in [0.1, 0.15) is 0 Å². The molecule has 4 rings (SSSR count). The molecule has 1 aromatic carbocycles. The zero-order valence-electron chi connectivity index (χ0n) is 15.2. The molecular formula is C18H19Cl2N5O2S. The summed E-state index contributed by atoms with van der Waals surface area (Å²) >= 11 is 12.5. The highest BCUT2D eigenvalue weighted by atomic mass is 35.5. The third-order valence-corrected chi connectivity index (χ3v) is 7.27. The molecule has 148 valence electrons. The van der Waals surface area contributed by atoms with Gasteiger partial charge in [0.15, 0.2) is 5.03 Å². The van der Waals surface area contributed by atoms with Gasteiger partial charge in [-0.15, -0.1) is 0 Å². The number of imidazole rings is 1. The number of hydrogen-bond donors (Lipinski definition) is 1. The normalized spacial score (nSPS) is 15.6. The summed E-state index contributed by atoms with van der Waals surface area (Å²) in [6.07, 6.45) is 3.20. The lowest BCUT2D eigenvalue weighted by atomic mass is 10.0. The van der Waals surface area contributed by atoms with Gasteiger partial charge in [-0.05, 0) is 38.0 Å². The van der Waals surface area contributed by atoms with Crippen molar-refractivity contribution in [1.82, 2.24) is 18.7 Å². The van der Waals surface area contributed by atoms with Gasteiger partial charge in [0.25, 0.3) is 10.0 Å². The summed E-state index contributed by atoms with van der Waals surface area (Å²) in [5.41, 5.74) is 8.77. The number of aromatic nitrogens is 3. The average molecular weight is 440 g/mol. The lowest BCUT2D eigenvalue weighted by Crippen LogP contribution is -2.28. The molecule has 2 N–H and O–H groups in total. The van der Waals surface area contributed by atoms with Gasteiger partial charge >= 0.3 is 0 Å². The number of nitrogens with two attached hydrogens (primary N) is 1. The number of sulfonamides is 1. The summed E-state index contributed by atoms with van der Waals surface area (Å²) in [4.78, 5) is 8.77. The van der Waals surface area contributed by atoms with Crippen molar-refractivity contribution in [3.8, 4) is 11.3 Å². The minimum atomic E-state index is -3.67. The van der Waals surface area contributed by atoms with Crippen LogP contribution in [-0.2, 0) is 16.6 Å². The van der Waals surface area contributed by atoms with Crippen LogP contribution in [0.1, 0.15) is 24.1 Å². The first-order valence-electron chi connectivity index (χ1n) is 8.87. The molecule has 1 aliphatic rings. The Kier molecular flexibility index (Phi) is 5.09. The number of rotatable bonds is 4. The van der Waals surface area contributed by atoms with Gasteiger partial charge in [-0.3, -0.25) is 4.40 Å². The van der Waals surface area contributed by atoms with Crippen LogP contribution in [-0.4, -0.2) is 40.2 Å².